The van der Waals surface area contributed by atoms with Gasteiger partial charge in [0.1, 0.15) is 12.0 Å². The normalized spacial score (nSPS) is 21.9. The van der Waals surface area contributed by atoms with E-state index in [1.165, 1.54) is 23.8 Å². The molecule has 30 heavy (non-hydrogen) atoms. The molecule has 1 saturated heterocycles. The van der Waals surface area contributed by atoms with E-state index in [1.54, 1.807) is 0 Å². The number of rotatable bonds is 6. The lowest BCUT2D eigenvalue weighted by atomic mass is 9.67. The van der Waals surface area contributed by atoms with Gasteiger partial charge in [0, 0.05) is 17.1 Å². The van der Waals surface area contributed by atoms with E-state index in [4.69, 9.17) is 11.6 Å². The van der Waals surface area contributed by atoms with Crippen LogP contribution in [0.5, 0.6) is 0 Å². The molecule has 0 spiro atoms. The van der Waals surface area contributed by atoms with Crippen molar-refractivity contribution in [2.45, 2.75) is 65.5 Å². The summed E-state index contributed by atoms with van der Waals surface area (Å²) in [5.41, 5.74) is 1.87. The van der Waals surface area contributed by atoms with E-state index < -0.39 is 12.0 Å². The van der Waals surface area contributed by atoms with Crippen LogP contribution in [0.1, 0.15) is 69.7 Å². The molecule has 1 aromatic carbocycles. The van der Waals surface area contributed by atoms with Crippen LogP contribution in [0.15, 0.2) is 29.3 Å². The molecule has 1 aliphatic carbocycles. The fourth-order valence-electron chi connectivity index (χ4n) is 5.28. The van der Waals surface area contributed by atoms with Gasteiger partial charge in [0.25, 0.3) is 5.91 Å². The Bertz CT molecular complexity index is 795. The maximum atomic E-state index is 15.8. The Balaban J connectivity index is 1.75. The van der Waals surface area contributed by atoms with Crippen LogP contribution in [0.25, 0.3) is 0 Å². The molecule has 0 radical (unpaired) electrons. The molecule has 166 valence electrons. The minimum absolute atomic E-state index is 0.128. The average molecular weight is 439 g/mol. The van der Waals surface area contributed by atoms with E-state index in [0.717, 1.165) is 50.8 Å². The first-order valence-corrected chi connectivity index (χ1v) is 11.3. The lowest BCUT2D eigenvalue weighted by molar-refractivity contribution is 0.0868. The smallest absolute Gasteiger partial charge is 0.251 e. The third-order valence-electron chi connectivity index (χ3n) is 6.88. The monoisotopic (exact) mass is 438 g/mol. The highest BCUT2D eigenvalue weighted by Gasteiger charge is 2.40. The molecule has 6 heteroatoms. The minimum atomic E-state index is -1.01. The zero-order valence-electron chi connectivity index (χ0n) is 18.2. The van der Waals surface area contributed by atoms with Crippen molar-refractivity contribution < 1.29 is 13.6 Å². The van der Waals surface area contributed by atoms with Crippen molar-refractivity contribution in [1.29, 1.82) is 0 Å². The summed E-state index contributed by atoms with van der Waals surface area (Å²) in [5.74, 6) is -0.923. The summed E-state index contributed by atoms with van der Waals surface area (Å²) in [6, 6.07) is 3.79. The van der Waals surface area contributed by atoms with Crippen molar-refractivity contribution in [3.8, 4) is 0 Å². The number of amides is 1. The molecule has 0 saturated carbocycles. The Labute approximate surface area is 183 Å². The standard InChI is InChI=1S/C24H33ClF2N2O/c1-16-5-4-6-23(2,3)21(16)20(27)14-24(7-9-28-10-8-24)15-29-22(30)17-11-18(25)13-19(26)12-17/h11-13,20,28H,4-10,14-15H2,1-3H3,(H,29,30). The molecule has 0 bridgehead atoms. The number of piperidine rings is 1. The summed E-state index contributed by atoms with van der Waals surface area (Å²) < 4.78 is 29.4. The van der Waals surface area contributed by atoms with Gasteiger partial charge in [-0.1, -0.05) is 31.0 Å². The second-order valence-electron chi connectivity index (χ2n) is 9.69. The first-order chi connectivity index (χ1) is 14.1. The van der Waals surface area contributed by atoms with Crippen LogP contribution in [0.3, 0.4) is 0 Å². The predicted octanol–water partition coefficient (Wildman–Crippen LogP) is 5.83. The van der Waals surface area contributed by atoms with Gasteiger partial charge in [-0.05, 0) is 93.1 Å². The molecule has 1 aliphatic heterocycles. The van der Waals surface area contributed by atoms with Gasteiger partial charge in [0.05, 0.1) is 0 Å². The van der Waals surface area contributed by atoms with Crippen LogP contribution in [-0.4, -0.2) is 31.7 Å². The second-order valence-corrected chi connectivity index (χ2v) is 10.1. The molecule has 1 aromatic rings. The van der Waals surface area contributed by atoms with Gasteiger partial charge < -0.3 is 10.6 Å². The fraction of sp³-hybridized carbons (Fsp3) is 0.625. The molecular formula is C24H33ClF2N2O. The van der Waals surface area contributed by atoms with Gasteiger partial charge in [-0.3, -0.25) is 4.79 Å². The number of benzene rings is 1. The van der Waals surface area contributed by atoms with Crippen LogP contribution < -0.4 is 10.6 Å². The van der Waals surface area contributed by atoms with Crippen molar-refractivity contribution >= 4 is 17.5 Å². The van der Waals surface area contributed by atoms with Crippen LogP contribution in [-0.2, 0) is 0 Å². The largest absolute Gasteiger partial charge is 0.351 e. The van der Waals surface area contributed by atoms with Gasteiger partial charge in [-0.15, -0.1) is 0 Å². The highest BCUT2D eigenvalue weighted by Crippen LogP contribution is 2.46. The second kappa shape index (κ2) is 9.35. The molecule has 3 nitrogen and oxygen atoms in total. The van der Waals surface area contributed by atoms with Crippen molar-refractivity contribution in [2.24, 2.45) is 10.8 Å². The molecular weight excluding hydrogens is 406 g/mol. The lowest BCUT2D eigenvalue weighted by Gasteiger charge is -2.42. The summed E-state index contributed by atoms with van der Waals surface area (Å²) in [6.45, 7) is 8.32. The van der Waals surface area contributed by atoms with E-state index in [9.17, 15) is 9.18 Å². The Morgan fingerprint density at radius 2 is 1.93 bits per heavy atom. The maximum Gasteiger partial charge on any atom is 0.251 e. The summed E-state index contributed by atoms with van der Waals surface area (Å²) >= 11 is 5.88. The van der Waals surface area contributed by atoms with Gasteiger partial charge in [0.2, 0.25) is 0 Å². The van der Waals surface area contributed by atoms with E-state index in [0.29, 0.717) is 13.0 Å². The summed E-state index contributed by atoms with van der Waals surface area (Å²) in [6.07, 6.45) is 4.05. The van der Waals surface area contributed by atoms with Crippen LogP contribution in [0, 0.1) is 16.6 Å². The molecule has 1 atom stereocenters. The van der Waals surface area contributed by atoms with E-state index >= 15 is 4.39 Å². The SMILES string of the molecule is CC1=C(C(F)CC2(CNC(=O)c3cc(F)cc(Cl)c3)CCNCC2)C(C)(C)CCC1. The molecule has 1 amide bonds. The average Bonchev–Trinajstić information content (AvgIpc) is 2.65. The molecule has 2 N–H and O–H groups in total. The van der Waals surface area contributed by atoms with Crippen LogP contribution in [0.2, 0.25) is 5.02 Å². The van der Waals surface area contributed by atoms with Gasteiger partial charge in [0.15, 0.2) is 0 Å². The van der Waals surface area contributed by atoms with Crippen LogP contribution in [0.4, 0.5) is 8.78 Å². The van der Waals surface area contributed by atoms with E-state index in [-0.39, 0.29) is 27.3 Å². The highest BCUT2D eigenvalue weighted by molar-refractivity contribution is 6.31. The molecule has 1 unspecified atom stereocenters. The number of alkyl halides is 1. The summed E-state index contributed by atoms with van der Waals surface area (Å²) in [7, 11) is 0. The Morgan fingerprint density at radius 1 is 1.23 bits per heavy atom. The Hall–Kier alpha value is -1.46. The third kappa shape index (κ3) is 5.42. The summed E-state index contributed by atoms with van der Waals surface area (Å²) in [5, 5.41) is 6.45. The fourth-order valence-corrected chi connectivity index (χ4v) is 5.50. The lowest BCUT2D eigenvalue weighted by Crippen LogP contribution is -2.46. The number of hydrogen-bond donors (Lipinski definition) is 2. The highest BCUT2D eigenvalue weighted by atomic mass is 35.5. The number of carbonyl (C=O) groups is 1. The van der Waals surface area contributed by atoms with Gasteiger partial charge >= 0.3 is 0 Å². The molecule has 2 aliphatic rings. The minimum Gasteiger partial charge on any atom is -0.351 e. The topological polar surface area (TPSA) is 41.1 Å². The van der Waals surface area contributed by atoms with Crippen molar-refractivity contribution in [3.63, 3.8) is 0 Å². The van der Waals surface area contributed by atoms with E-state index in [2.05, 4.69) is 31.4 Å². The Kier molecular flexibility index (Phi) is 7.24. The number of nitrogens with one attached hydrogen (secondary N) is 2. The number of allylic oxidation sites excluding steroid dienone is 2. The first kappa shape index (κ1) is 23.2. The zero-order valence-corrected chi connectivity index (χ0v) is 19.0. The quantitative estimate of drug-likeness (QED) is 0.548. The summed E-state index contributed by atoms with van der Waals surface area (Å²) in [4.78, 5) is 12.6. The van der Waals surface area contributed by atoms with Crippen molar-refractivity contribution in [1.82, 2.24) is 10.6 Å². The molecule has 0 aromatic heterocycles. The Morgan fingerprint density at radius 3 is 2.57 bits per heavy atom. The molecule has 1 fully saturated rings. The predicted molar refractivity (Wildman–Crippen MR) is 118 cm³/mol. The maximum absolute atomic E-state index is 15.8. The molecule has 1 heterocycles. The van der Waals surface area contributed by atoms with Crippen molar-refractivity contribution in [2.75, 3.05) is 19.6 Å². The first-order valence-electron chi connectivity index (χ1n) is 10.9. The third-order valence-corrected chi connectivity index (χ3v) is 7.10. The zero-order chi connectivity index (χ0) is 21.9. The molecule has 3 rings (SSSR count). The number of carbonyl (C=O) groups excluding carboxylic acids is 1. The van der Waals surface area contributed by atoms with Crippen molar-refractivity contribution in [3.05, 3.63) is 45.7 Å². The number of hydrogen-bond acceptors (Lipinski definition) is 2. The van der Waals surface area contributed by atoms with Gasteiger partial charge in [-0.2, -0.15) is 0 Å². The van der Waals surface area contributed by atoms with Gasteiger partial charge in [-0.25, -0.2) is 8.78 Å². The van der Waals surface area contributed by atoms with Crippen LogP contribution >= 0.6 is 11.6 Å². The van der Waals surface area contributed by atoms with E-state index in [1.807, 2.05) is 0 Å². The number of halogens is 3.